The molecule has 0 saturated carbocycles. The smallest absolute Gasteiger partial charge is 0.0495 e. The summed E-state index contributed by atoms with van der Waals surface area (Å²) in [7, 11) is 0. The standard InChI is InChI=1S/C16H33NO/c1-3-5-6-7-8-9-10-16(17-4-2)13-15-11-12-18-14-15/h15-17H,3-14H2,1-2H3. The highest BCUT2D eigenvalue weighted by Gasteiger charge is 2.19. The molecule has 0 radical (unpaired) electrons. The van der Waals surface area contributed by atoms with Gasteiger partial charge in [-0.3, -0.25) is 0 Å². The SMILES string of the molecule is CCCCCCCCC(CC1CCOC1)NCC. The third kappa shape index (κ3) is 7.38. The van der Waals surface area contributed by atoms with Crippen molar-refractivity contribution < 1.29 is 4.74 Å². The first-order chi connectivity index (χ1) is 8.86. The highest BCUT2D eigenvalue weighted by atomic mass is 16.5. The molecule has 1 saturated heterocycles. The Bertz CT molecular complexity index is 178. The van der Waals surface area contributed by atoms with Crippen LogP contribution in [0.15, 0.2) is 0 Å². The molecule has 2 atom stereocenters. The van der Waals surface area contributed by atoms with E-state index in [9.17, 15) is 0 Å². The van der Waals surface area contributed by atoms with Gasteiger partial charge in [-0.05, 0) is 31.7 Å². The molecular weight excluding hydrogens is 222 g/mol. The van der Waals surface area contributed by atoms with Gasteiger partial charge in [0.2, 0.25) is 0 Å². The largest absolute Gasteiger partial charge is 0.381 e. The highest BCUT2D eigenvalue weighted by Crippen LogP contribution is 2.20. The molecule has 2 nitrogen and oxygen atoms in total. The molecule has 1 rings (SSSR count). The predicted molar refractivity (Wildman–Crippen MR) is 79.0 cm³/mol. The molecule has 1 aliphatic rings. The average Bonchev–Trinajstić information content (AvgIpc) is 2.86. The van der Waals surface area contributed by atoms with E-state index in [1.807, 2.05) is 0 Å². The van der Waals surface area contributed by atoms with Gasteiger partial charge in [0.15, 0.2) is 0 Å². The molecule has 18 heavy (non-hydrogen) atoms. The second-order valence-corrected chi connectivity index (χ2v) is 5.78. The summed E-state index contributed by atoms with van der Waals surface area (Å²) in [4.78, 5) is 0. The zero-order valence-electron chi connectivity index (χ0n) is 12.5. The summed E-state index contributed by atoms with van der Waals surface area (Å²) >= 11 is 0. The van der Waals surface area contributed by atoms with Crippen LogP contribution in [0.4, 0.5) is 0 Å². The summed E-state index contributed by atoms with van der Waals surface area (Å²) < 4.78 is 5.48. The van der Waals surface area contributed by atoms with Crippen LogP contribution in [0.3, 0.4) is 0 Å². The first kappa shape index (κ1) is 16.0. The van der Waals surface area contributed by atoms with E-state index in [1.165, 1.54) is 57.8 Å². The fourth-order valence-corrected chi connectivity index (χ4v) is 2.93. The van der Waals surface area contributed by atoms with E-state index >= 15 is 0 Å². The summed E-state index contributed by atoms with van der Waals surface area (Å²) in [6, 6.07) is 0.730. The topological polar surface area (TPSA) is 21.3 Å². The van der Waals surface area contributed by atoms with Gasteiger partial charge in [0.1, 0.15) is 0 Å². The van der Waals surface area contributed by atoms with Crippen LogP contribution in [0.1, 0.15) is 71.6 Å². The highest BCUT2D eigenvalue weighted by molar-refractivity contribution is 4.74. The second kappa shape index (κ2) is 10.8. The lowest BCUT2D eigenvalue weighted by atomic mass is 9.95. The number of ether oxygens (including phenoxy) is 1. The van der Waals surface area contributed by atoms with Crippen LogP contribution in [0.25, 0.3) is 0 Å². The molecule has 0 aromatic rings. The summed E-state index contributed by atoms with van der Waals surface area (Å²) in [5, 5.41) is 3.66. The van der Waals surface area contributed by atoms with E-state index in [-0.39, 0.29) is 0 Å². The first-order valence-corrected chi connectivity index (χ1v) is 8.18. The van der Waals surface area contributed by atoms with Crippen molar-refractivity contribution in [2.24, 2.45) is 5.92 Å². The predicted octanol–water partition coefficient (Wildman–Crippen LogP) is 4.14. The zero-order chi connectivity index (χ0) is 13.1. The minimum Gasteiger partial charge on any atom is -0.381 e. The summed E-state index contributed by atoms with van der Waals surface area (Å²) in [5.41, 5.74) is 0. The fourth-order valence-electron chi connectivity index (χ4n) is 2.93. The minimum atomic E-state index is 0.730. The third-order valence-electron chi connectivity index (χ3n) is 4.04. The summed E-state index contributed by atoms with van der Waals surface area (Å²) in [5.74, 6) is 0.814. The van der Waals surface area contributed by atoms with Crippen LogP contribution in [0.2, 0.25) is 0 Å². The van der Waals surface area contributed by atoms with Gasteiger partial charge in [-0.25, -0.2) is 0 Å². The van der Waals surface area contributed by atoms with Crippen molar-refractivity contribution in [3.63, 3.8) is 0 Å². The number of nitrogens with one attached hydrogen (secondary N) is 1. The molecule has 1 aliphatic heterocycles. The number of hydrogen-bond acceptors (Lipinski definition) is 2. The van der Waals surface area contributed by atoms with E-state index in [0.717, 1.165) is 31.7 Å². The van der Waals surface area contributed by atoms with Gasteiger partial charge < -0.3 is 10.1 Å². The van der Waals surface area contributed by atoms with Crippen LogP contribution >= 0.6 is 0 Å². The van der Waals surface area contributed by atoms with Crippen molar-refractivity contribution in [3.8, 4) is 0 Å². The Morgan fingerprint density at radius 1 is 1.11 bits per heavy atom. The zero-order valence-corrected chi connectivity index (χ0v) is 12.5. The Hall–Kier alpha value is -0.0800. The second-order valence-electron chi connectivity index (χ2n) is 5.78. The van der Waals surface area contributed by atoms with Gasteiger partial charge in [-0.15, -0.1) is 0 Å². The van der Waals surface area contributed by atoms with E-state index in [0.29, 0.717) is 0 Å². The van der Waals surface area contributed by atoms with Crippen molar-refractivity contribution in [3.05, 3.63) is 0 Å². The average molecular weight is 255 g/mol. The molecule has 1 N–H and O–H groups in total. The minimum absolute atomic E-state index is 0.730. The number of rotatable bonds is 11. The quantitative estimate of drug-likeness (QED) is 0.560. The van der Waals surface area contributed by atoms with Crippen LogP contribution in [-0.2, 0) is 4.74 Å². The van der Waals surface area contributed by atoms with E-state index in [2.05, 4.69) is 19.2 Å². The lowest BCUT2D eigenvalue weighted by Gasteiger charge is -2.20. The molecule has 0 aromatic heterocycles. The lowest BCUT2D eigenvalue weighted by Crippen LogP contribution is -2.31. The Morgan fingerprint density at radius 2 is 1.89 bits per heavy atom. The van der Waals surface area contributed by atoms with Crippen molar-refractivity contribution in [2.45, 2.75) is 77.7 Å². The number of unbranched alkanes of at least 4 members (excludes halogenated alkanes) is 5. The Labute approximate surface area is 114 Å². The molecule has 0 aliphatic carbocycles. The monoisotopic (exact) mass is 255 g/mol. The van der Waals surface area contributed by atoms with Crippen LogP contribution in [-0.4, -0.2) is 25.8 Å². The molecule has 108 valence electrons. The Balaban J connectivity index is 2.05. The lowest BCUT2D eigenvalue weighted by molar-refractivity contribution is 0.180. The number of hydrogen-bond donors (Lipinski definition) is 1. The van der Waals surface area contributed by atoms with E-state index in [1.54, 1.807) is 0 Å². The van der Waals surface area contributed by atoms with Crippen LogP contribution < -0.4 is 5.32 Å². The summed E-state index contributed by atoms with van der Waals surface area (Å²) in [6.45, 7) is 7.59. The molecule has 2 heteroatoms. The van der Waals surface area contributed by atoms with Crippen molar-refractivity contribution in [1.29, 1.82) is 0 Å². The van der Waals surface area contributed by atoms with Gasteiger partial charge in [-0.1, -0.05) is 52.4 Å². The molecular formula is C16H33NO. The normalized spacial score (nSPS) is 21.3. The molecule has 0 spiro atoms. The van der Waals surface area contributed by atoms with Gasteiger partial charge in [0.05, 0.1) is 0 Å². The Kier molecular flexibility index (Phi) is 9.59. The van der Waals surface area contributed by atoms with Crippen molar-refractivity contribution in [1.82, 2.24) is 5.32 Å². The molecule has 2 unspecified atom stereocenters. The van der Waals surface area contributed by atoms with Gasteiger partial charge in [-0.2, -0.15) is 0 Å². The maximum absolute atomic E-state index is 5.48. The van der Waals surface area contributed by atoms with Crippen molar-refractivity contribution >= 4 is 0 Å². The molecule has 0 amide bonds. The van der Waals surface area contributed by atoms with Gasteiger partial charge in [0, 0.05) is 19.3 Å². The van der Waals surface area contributed by atoms with Gasteiger partial charge in [0.25, 0.3) is 0 Å². The third-order valence-corrected chi connectivity index (χ3v) is 4.04. The maximum Gasteiger partial charge on any atom is 0.0495 e. The molecule has 0 aromatic carbocycles. The fraction of sp³-hybridized carbons (Fsp3) is 1.00. The Morgan fingerprint density at radius 3 is 2.56 bits per heavy atom. The molecule has 1 heterocycles. The van der Waals surface area contributed by atoms with E-state index in [4.69, 9.17) is 4.74 Å². The van der Waals surface area contributed by atoms with Crippen LogP contribution in [0.5, 0.6) is 0 Å². The van der Waals surface area contributed by atoms with Crippen molar-refractivity contribution in [2.75, 3.05) is 19.8 Å². The van der Waals surface area contributed by atoms with E-state index < -0.39 is 0 Å². The van der Waals surface area contributed by atoms with Gasteiger partial charge >= 0.3 is 0 Å². The summed E-state index contributed by atoms with van der Waals surface area (Å²) in [6.07, 6.45) is 12.4. The molecule has 0 bridgehead atoms. The maximum atomic E-state index is 5.48. The first-order valence-electron chi connectivity index (χ1n) is 8.18. The van der Waals surface area contributed by atoms with Crippen LogP contribution in [0, 0.1) is 5.92 Å². The molecule has 1 fully saturated rings.